The van der Waals surface area contributed by atoms with E-state index in [9.17, 15) is 4.79 Å². The summed E-state index contributed by atoms with van der Waals surface area (Å²) in [5.41, 5.74) is 0.889. The summed E-state index contributed by atoms with van der Waals surface area (Å²) >= 11 is 0. The van der Waals surface area contributed by atoms with Gasteiger partial charge in [-0.1, -0.05) is 19.0 Å². The number of carbonyl (C=O) groups is 1. The van der Waals surface area contributed by atoms with Crippen LogP contribution < -0.4 is 10.1 Å². The van der Waals surface area contributed by atoms with Gasteiger partial charge in [0.15, 0.2) is 0 Å². The molecular weight excluding hydrogens is 430 g/mol. The maximum atomic E-state index is 12.8. The summed E-state index contributed by atoms with van der Waals surface area (Å²) in [7, 11) is 1.64. The van der Waals surface area contributed by atoms with Gasteiger partial charge in [-0.2, -0.15) is 4.98 Å². The highest BCUT2D eigenvalue weighted by molar-refractivity contribution is 5.78. The van der Waals surface area contributed by atoms with Crippen LogP contribution in [0, 0.1) is 17.8 Å². The van der Waals surface area contributed by atoms with Gasteiger partial charge in [-0.15, -0.1) is 0 Å². The van der Waals surface area contributed by atoms with Gasteiger partial charge in [-0.25, -0.2) is 0 Å². The van der Waals surface area contributed by atoms with Gasteiger partial charge < -0.3 is 19.5 Å². The summed E-state index contributed by atoms with van der Waals surface area (Å²) in [6.45, 7) is 11.1. The van der Waals surface area contributed by atoms with Gasteiger partial charge in [0, 0.05) is 31.7 Å². The van der Waals surface area contributed by atoms with Crippen molar-refractivity contribution in [3.63, 3.8) is 0 Å². The molecule has 2 aliphatic rings. The van der Waals surface area contributed by atoms with Crippen molar-refractivity contribution >= 4 is 5.91 Å². The van der Waals surface area contributed by atoms with E-state index in [1.165, 1.54) is 19.5 Å². The Morgan fingerprint density at radius 3 is 2.65 bits per heavy atom. The molecule has 0 radical (unpaired) electrons. The molecule has 2 aliphatic heterocycles. The minimum Gasteiger partial charge on any atom is -0.497 e. The Morgan fingerprint density at radius 2 is 1.91 bits per heavy atom. The van der Waals surface area contributed by atoms with Crippen LogP contribution in [0.25, 0.3) is 11.4 Å². The molecule has 0 spiro atoms. The third kappa shape index (κ3) is 6.79. The molecule has 0 aliphatic carbocycles. The van der Waals surface area contributed by atoms with Gasteiger partial charge in [-0.3, -0.25) is 9.69 Å². The molecule has 34 heavy (non-hydrogen) atoms. The highest BCUT2D eigenvalue weighted by Gasteiger charge is 2.27. The Bertz CT molecular complexity index is 905. The number of carbonyl (C=O) groups excluding carboxylic acids is 1. The molecule has 4 rings (SSSR count). The number of nitrogens with zero attached hydrogens (tertiary/aromatic N) is 4. The van der Waals surface area contributed by atoms with Crippen molar-refractivity contribution in [3.8, 4) is 17.1 Å². The number of hydrogen-bond donors (Lipinski definition) is 1. The second-order valence-electron chi connectivity index (χ2n) is 10.2. The SMILES string of the molecule is COc1ccc(-c2noc(CN3CCCC(C(=O)NCCCN4CC(C)CC(C)C4)C3)n2)cc1. The van der Waals surface area contributed by atoms with Crippen LogP contribution in [0.5, 0.6) is 5.75 Å². The van der Waals surface area contributed by atoms with Gasteiger partial charge in [0.2, 0.25) is 17.6 Å². The maximum absolute atomic E-state index is 12.8. The number of piperidine rings is 2. The third-order valence-electron chi connectivity index (χ3n) is 6.95. The van der Waals surface area contributed by atoms with Crippen LogP contribution in [0.3, 0.4) is 0 Å². The first-order valence-electron chi connectivity index (χ1n) is 12.7. The predicted molar refractivity (Wildman–Crippen MR) is 131 cm³/mol. The van der Waals surface area contributed by atoms with E-state index in [2.05, 4.69) is 39.1 Å². The van der Waals surface area contributed by atoms with Gasteiger partial charge in [0.25, 0.3) is 0 Å². The Morgan fingerprint density at radius 1 is 1.15 bits per heavy atom. The molecule has 0 bridgehead atoms. The van der Waals surface area contributed by atoms with Crippen molar-refractivity contribution in [2.45, 2.75) is 46.1 Å². The maximum Gasteiger partial charge on any atom is 0.241 e. The number of methoxy groups -OCH3 is 1. The van der Waals surface area contributed by atoms with Crippen molar-refractivity contribution in [1.29, 1.82) is 0 Å². The van der Waals surface area contributed by atoms with Crippen LogP contribution in [0.1, 0.15) is 45.4 Å². The Labute approximate surface area is 203 Å². The lowest BCUT2D eigenvalue weighted by Crippen LogP contribution is -2.43. The number of ether oxygens (including phenoxy) is 1. The average Bonchev–Trinajstić information content (AvgIpc) is 3.30. The number of likely N-dealkylation sites (tertiary alicyclic amines) is 2. The van der Waals surface area contributed by atoms with E-state index in [1.54, 1.807) is 7.11 Å². The minimum absolute atomic E-state index is 0.0211. The van der Waals surface area contributed by atoms with E-state index in [0.29, 0.717) is 18.3 Å². The number of aromatic nitrogens is 2. The summed E-state index contributed by atoms with van der Waals surface area (Å²) in [5.74, 6) is 3.69. The summed E-state index contributed by atoms with van der Waals surface area (Å²) in [6.07, 6.45) is 4.28. The predicted octanol–water partition coefficient (Wildman–Crippen LogP) is 3.44. The molecule has 3 atom stereocenters. The van der Waals surface area contributed by atoms with Gasteiger partial charge in [0.05, 0.1) is 19.6 Å². The molecule has 2 saturated heterocycles. The third-order valence-corrected chi connectivity index (χ3v) is 6.95. The summed E-state index contributed by atoms with van der Waals surface area (Å²) in [6, 6.07) is 7.60. The molecule has 1 aromatic heterocycles. The number of nitrogens with one attached hydrogen (secondary N) is 1. The Kier molecular flexibility index (Phi) is 8.56. The number of rotatable bonds is 9. The zero-order valence-corrected chi connectivity index (χ0v) is 20.8. The molecule has 1 N–H and O–H groups in total. The molecule has 8 heteroatoms. The van der Waals surface area contributed by atoms with Crippen molar-refractivity contribution in [1.82, 2.24) is 25.3 Å². The Hall–Kier alpha value is -2.45. The molecule has 2 aromatic rings. The van der Waals surface area contributed by atoms with Crippen molar-refractivity contribution in [3.05, 3.63) is 30.2 Å². The number of hydrogen-bond acceptors (Lipinski definition) is 7. The summed E-state index contributed by atoms with van der Waals surface area (Å²) < 4.78 is 10.7. The van der Waals surface area contributed by atoms with E-state index in [4.69, 9.17) is 9.26 Å². The monoisotopic (exact) mass is 469 g/mol. The normalized spacial score (nSPS) is 24.1. The molecule has 3 unspecified atom stereocenters. The van der Waals surface area contributed by atoms with E-state index < -0.39 is 0 Å². The van der Waals surface area contributed by atoms with Crippen LogP contribution in [0.4, 0.5) is 0 Å². The van der Waals surface area contributed by atoms with Gasteiger partial charge >= 0.3 is 0 Å². The van der Waals surface area contributed by atoms with Crippen LogP contribution in [0.15, 0.2) is 28.8 Å². The van der Waals surface area contributed by atoms with E-state index in [1.807, 2.05) is 24.3 Å². The molecule has 1 amide bonds. The standard InChI is InChI=1S/C26H39N5O3/c1-19-14-20(2)16-30(15-19)13-5-11-27-26(32)22-6-4-12-31(17-22)18-24-28-25(29-34-24)21-7-9-23(33-3)10-8-21/h7-10,19-20,22H,4-6,11-18H2,1-3H3,(H,27,32). The van der Waals surface area contributed by atoms with Crippen molar-refractivity contribution in [2.24, 2.45) is 17.8 Å². The molecule has 0 saturated carbocycles. The first-order chi connectivity index (χ1) is 16.5. The van der Waals surface area contributed by atoms with Crippen LogP contribution in [-0.4, -0.2) is 72.2 Å². The molecule has 8 nitrogen and oxygen atoms in total. The summed E-state index contributed by atoms with van der Waals surface area (Å²) in [4.78, 5) is 22.1. The zero-order valence-electron chi connectivity index (χ0n) is 20.8. The fourth-order valence-corrected chi connectivity index (χ4v) is 5.41. The first-order valence-corrected chi connectivity index (χ1v) is 12.7. The van der Waals surface area contributed by atoms with Crippen molar-refractivity contribution < 1.29 is 14.1 Å². The van der Waals surface area contributed by atoms with Crippen LogP contribution in [0.2, 0.25) is 0 Å². The lowest BCUT2D eigenvalue weighted by molar-refractivity contribution is -0.126. The van der Waals surface area contributed by atoms with E-state index in [0.717, 1.165) is 68.6 Å². The van der Waals surface area contributed by atoms with Gasteiger partial charge in [0.1, 0.15) is 5.75 Å². The number of amides is 1. The zero-order chi connectivity index (χ0) is 23.9. The molecular formula is C26H39N5O3. The Balaban J connectivity index is 1.20. The topological polar surface area (TPSA) is 83.7 Å². The van der Waals surface area contributed by atoms with Crippen molar-refractivity contribution in [2.75, 3.05) is 46.4 Å². The average molecular weight is 470 g/mol. The fraction of sp³-hybridized carbons (Fsp3) is 0.654. The quantitative estimate of drug-likeness (QED) is 0.563. The molecule has 3 heterocycles. The number of benzene rings is 1. The fourth-order valence-electron chi connectivity index (χ4n) is 5.41. The molecule has 1 aromatic carbocycles. The molecule has 186 valence electrons. The lowest BCUT2D eigenvalue weighted by atomic mass is 9.92. The van der Waals surface area contributed by atoms with Gasteiger partial charge in [-0.05, 0) is 74.9 Å². The van der Waals surface area contributed by atoms with E-state index in [-0.39, 0.29) is 11.8 Å². The van der Waals surface area contributed by atoms with Crippen LogP contribution in [-0.2, 0) is 11.3 Å². The minimum atomic E-state index is 0.0211. The smallest absolute Gasteiger partial charge is 0.241 e. The largest absolute Gasteiger partial charge is 0.497 e. The molecule has 2 fully saturated rings. The van der Waals surface area contributed by atoms with E-state index >= 15 is 0 Å². The second kappa shape index (κ2) is 11.8. The second-order valence-corrected chi connectivity index (χ2v) is 10.2. The lowest BCUT2D eigenvalue weighted by Gasteiger charge is -2.35. The highest BCUT2D eigenvalue weighted by Crippen LogP contribution is 2.23. The highest BCUT2D eigenvalue weighted by atomic mass is 16.5. The van der Waals surface area contributed by atoms with Crippen LogP contribution >= 0.6 is 0 Å². The summed E-state index contributed by atoms with van der Waals surface area (Å²) in [5, 5.41) is 7.30. The first kappa shape index (κ1) is 24.7.